The molecule has 1 amide bonds. The average molecular weight is 460 g/mol. The van der Waals surface area contributed by atoms with E-state index >= 15 is 0 Å². The molecular weight excluding hydrogens is 437 g/mol. The second-order valence-electron chi connectivity index (χ2n) is 8.05. The first-order valence-corrected chi connectivity index (χ1v) is 10.3. The fourth-order valence-corrected chi connectivity index (χ4v) is 3.72. The summed E-state index contributed by atoms with van der Waals surface area (Å²) in [5, 5.41) is 12.7. The minimum Gasteiger partial charge on any atom is -0.485 e. The first kappa shape index (κ1) is 22.6. The Morgan fingerprint density at radius 1 is 1.15 bits per heavy atom. The number of hydrogen-bond acceptors (Lipinski definition) is 6. The topological polar surface area (TPSA) is 76.6 Å². The number of halogens is 3. The predicted octanol–water partition coefficient (Wildman–Crippen LogP) is 4.42. The van der Waals surface area contributed by atoms with Gasteiger partial charge in [0, 0.05) is 30.4 Å². The zero-order chi connectivity index (χ0) is 23.9. The van der Waals surface area contributed by atoms with Crippen molar-refractivity contribution < 1.29 is 27.4 Å². The number of hydrogen-bond donors (Lipinski definition) is 1. The third kappa shape index (κ3) is 4.24. The van der Waals surface area contributed by atoms with Crippen molar-refractivity contribution in [1.29, 1.82) is 0 Å². The highest BCUT2D eigenvalue weighted by Gasteiger charge is 2.30. The molecule has 1 aromatic heterocycles. The van der Waals surface area contributed by atoms with Crippen LogP contribution in [-0.4, -0.2) is 47.8 Å². The summed E-state index contributed by atoms with van der Waals surface area (Å²) in [5.74, 6) is -0.0430. The van der Waals surface area contributed by atoms with E-state index in [0.29, 0.717) is 28.4 Å². The number of aryl methyl sites for hydroxylation is 1. The summed E-state index contributed by atoms with van der Waals surface area (Å²) in [6.07, 6.45) is -3.71. The zero-order valence-corrected chi connectivity index (χ0v) is 18.5. The molecule has 0 saturated heterocycles. The quantitative estimate of drug-likeness (QED) is 0.608. The Bertz CT molecular complexity index is 1220. The Morgan fingerprint density at radius 3 is 2.55 bits per heavy atom. The van der Waals surface area contributed by atoms with E-state index < -0.39 is 30.0 Å². The predicted molar refractivity (Wildman–Crippen MR) is 116 cm³/mol. The molecule has 1 aliphatic rings. The van der Waals surface area contributed by atoms with E-state index in [0.717, 1.165) is 11.5 Å². The van der Waals surface area contributed by atoms with E-state index in [2.05, 4.69) is 15.5 Å². The van der Waals surface area contributed by atoms with Crippen LogP contribution in [0.1, 0.15) is 36.2 Å². The second kappa shape index (κ2) is 8.76. The number of amides is 1. The van der Waals surface area contributed by atoms with Crippen LogP contribution in [0.25, 0.3) is 10.8 Å². The van der Waals surface area contributed by atoms with Gasteiger partial charge in [0.2, 0.25) is 6.10 Å². The van der Waals surface area contributed by atoms with Gasteiger partial charge in [0.05, 0.1) is 17.3 Å². The van der Waals surface area contributed by atoms with E-state index in [-0.39, 0.29) is 18.1 Å². The van der Waals surface area contributed by atoms with Crippen LogP contribution >= 0.6 is 0 Å². The lowest BCUT2D eigenvalue weighted by atomic mass is 10.0. The molecule has 7 nitrogen and oxygen atoms in total. The van der Waals surface area contributed by atoms with Gasteiger partial charge in [0.25, 0.3) is 12.3 Å². The minimum absolute atomic E-state index is 0.0783. The molecule has 0 radical (unpaired) electrons. The Morgan fingerprint density at radius 2 is 1.85 bits per heavy atom. The molecule has 4 rings (SSSR count). The maximum Gasteiger partial charge on any atom is 0.266 e. The second-order valence-corrected chi connectivity index (χ2v) is 8.05. The molecule has 0 aliphatic carbocycles. The Kier molecular flexibility index (Phi) is 6.01. The number of alkyl halides is 2. The lowest BCUT2D eigenvalue weighted by Crippen LogP contribution is -2.43. The standard InChI is InChI=1S/C23H23F3N4O3/c1-11(13-6-5-7-14(20(13)24)21(25)26)27-22-16-9-18-17(8-15(16)12(2)28-29-22)32-10-19(33-18)23(31)30(3)4/h5-9,11,19,21H,10H2,1-4H3,(H,27,29)/t11-,19?/m1/s1. The molecule has 0 saturated carbocycles. The van der Waals surface area contributed by atoms with Gasteiger partial charge in [0.15, 0.2) is 17.3 Å². The monoisotopic (exact) mass is 460 g/mol. The number of fused-ring (bicyclic) bond motifs is 2. The van der Waals surface area contributed by atoms with E-state index in [4.69, 9.17) is 9.47 Å². The molecule has 0 fully saturated rings. The third-order valence-corrected chi connectivity index (χ3v) is 5.52. The van der Waals surface area contributed by atoms with E-state index in [1.165, 1.54) is 17.0 Å². The first-order chi connectivity index (χ1) is 15.7. The summed E-state index contributed by atoms with van der Waals surface area (Å²) >= 11 is 0. The highest BCUT2D eigenvalue weighted by Crippen LogP contribution is 2.39. The van der Waals surface area contributed by atoms with Gasteiger partial charge >= 0.3 is 0 Å². The summed E-state index contributed by atoms with van der Waals surface area (Å²) in [5.41, 5.74) is 0.0571. The Balaban J connectivity index is 1.71. The van der Waals surface area contributed by atoms with Crippen molar-refractivity contribution in [2.75, 3.05) is 26.0 Å². The van der Waals surface area contributed by atoms with Gasteiger partial charge in [-0.2, -0.15) is 5.10 Å². The van der Waals surface area contributed by atoms with Gasteiger partial charge in [-0.15, -0.1) is 5.10 Å². The highest BCUT2D eigenvalue weighted by atomic mass is 19.3. The van der Waals surface area contributed by atoms with Crippen LogP contribution in [0.2, 0.25) is 0 Å². The van der Waals surface area contributed by atoms with E-state index in [1.54, 1.807) is 40.1 Å². The number of nitrogens with one attached hydrogen (secondary N) is 1. The number of carbonyl (C=O) groups is 1. The molecule has 0 bridgehead atoms. The van der Waals surface area contributed by atoms with Crippen molar-refractivity contribution in [2.45, 2.75) is 32.4 Å². The van der Waals surface area contributed by atoms with Crippen molar-refractivity contribution >= 4 is 22.5 Å². The van der Waals surface area contributed by atoms with Crippen LogP contribution in [0.15, 0.2) is 30.3 Å². The number of ether oxygens (including phenoxy) is 2. The molecule has 1 unspecified atom stereocenters. The number of benzene rings is 2. The van der Waals surface area contributed by atoms with Crippen LogP contribution in [0.5, 0.6) is 11.5 Å². The van der Waals surface area contributed by atoms with E-state index in [9.17, 15) is 18.0 Å². The van der Waals surface area contributed by atoms with Crippen molar-refractivity contribution in [3.05, 3.63) is 53.0 Å². The van der Waals surface area contributed by atoms with Crippen molar-refractivity contribution in [1.82, 2.24) is 15.1 Å². The molecule has 0 spiro atoms. The number of anilines is 1. The zero-order valence-electron chi connectivity index (χ0n) is 18.5. The molecular formula is C23H23F3N4O3. The van der Waals surface area contributed by atoms with Crippen LogP contribution in [0.4, 0.5) is 19.0 Å². The van der Waals surface area contributed by atoms with Crippen molar-refractivity contribution in [3.63, 3.8) is 0 Å². The average Bonchev–Trinajstić information content (AvgIpc) is 2.78. The summed E-state index contributed by atoms with van der Waals surface area (Å²) < 4.78 is 52.5. The normalized spacial score (nSPS) is 16.1. The van der Waals surface area contributed by atoms with Crippen LogP contribution in [0, 0.1) is 12.7 Å². The molecule has 10 heteroatoms. The third-order valence-electron chi connectivity index (χ3n) is 5.52. The number of likely N-dealkylation sites (N-methyl/N-ethyl adjacent to an activating group) is 1. The largest absolute Gasteiger partial charge is 0.485 e. The van der Waals surface area contributed by atoms with Crippen LogP contribution in [0.3, 0.4) is 0 Å². The molecule has 174 valence electrons. The SMILES string of the molecule is Cc1nnc(N[C@H](C)c2cccc(C(F)F)c2F)c2cc3c(cc12)OCC(C(=O)N(C)C)O3. The summed E-state index contributed by atoms with van der Waals surface area (Å²) in [6, 6.07) is 6.65. The summed E-state index contributed by atoms with van der Waals surface area (Å²) in [7, 11) is 3.26. The summed E-state index contributed by atoms with van der Waals surface area (Å²) in [6.45, 7) is 3.50. The van der Waals surface area contributed by atoms with Gasteiger partial charge in [-0.1, -0.05) is 18.2 Å². The Labute approximate surface area is 188 Å². The molecule has 1 N–H and O–H groups in total. The fourth-order valence-electron chi connectivity index (χ4n) is 3.72. The van der Waals surface area contributed by atoms with Gasteiger partial charge in [-0.3, -0.25) is 4.79 Å². The van der Waals surface area contributed by atoms with Gasteiger partial charge in [0.1, 0.15) is 12.4 Å². The lowest BCUT2D eigenvalue weighted by Gasteiger charge is -2.28. The number of aromatic nitrogens is 2. The lowest BCUT2D eigenvalue weighted by molar-refractivity contribution is -0.138. The molecule has 1 aliphatic heterocycles. The summed E-state index contributed by atoms with van der Waals surface area (Å²) in [4.78, 5) is 13.7. The van der Waals surface area contributed by atoms with Gasteiger partial charge < -0.3 is 19.7 Å². The first-order valence-electron chi connectivity index (χ1n) is 10.3. The van der Waals surface area contributed by atoms with Gasteiger partial charge in [-0.05, 0) is 26.0 Å². The molecule has 3 aromatic rings. The number of nitrogens with zero attached hydrogens (tertiary/aromatic N) is 3. The van der Waals surface area contributed by atoms with Crippen molar-refractivity contribution in [2.24, 2.45) is 0 Å². The van der Waals surface area contributed by atoms with Gasteiger partial charge in [-0.25, -0.2) is 13.2 Å². The molecule has 2 aromatic carbocycles. The molecule has 2 heterocycles. The maximum absolute atomic E-state index is 14.6. The number of carbonyl (C=O) groups excluding carboxylic acids is 1. The molecule has 33 heavy (non-hydrogen) atoms. The maximum atomic E-state index is 14.6. The smallest absolute Gasteiger partial charge is 0.266 e. The minimum atomic E-state index is -2.92. The van der Waals surface area contributed by atoms with Crippen LogP contribution in [-0.2, 0) is 4.79 Å². The molecule has 2 atom stereocenters. The number of rotatable bonds is 5. The van der Waals surface area contributed by atoms with Crippen LogP contribution < -0.4 is 14.8 Å². The van der Waals surface area contributed by atoms with E-state index in [1.807, 2.05) is 0 Å². The highest BCUT2D eigenvalue weighted by molar-refractivity contribution is 5.96. The van der Waals surface area contributed by atoms with Crippen molar-refractivity contribution in [3.8, 4) is 11.5 Å². The Hall–Kier alpha value is -3.56. The fraction of sp³-hybridized carbons (Fsp3) is 0.348.